The van der Waals surface area contributed by atoms with Gasteiger partial charge in [-0.05, 0) is 84.2 Å². The maximum absolute atomic E-state index is 9.00. The quantitative estimate of drug-likeness (QED) is 0.517. The summed E-state index contributed by atoms with van der Waals surface area (Å²) in [5.74, 6) is 2.70. The number of rotatable bonds is 5. The monoisotopic (exact) mass is 357 g/mol. The van der Waals surface area contributed by atoms with Crippen LogP contribution < -0.4 is 0 Å². The van der Waals surface area contributed by atoms with Crippen molar-refractivity contribution < 1.29 is 0 Å². The molecule has 2 aliphatic rings. The fourth-order valence-corrected chi connectivity index (χ4v) is 5.48. The molecule has 0 amide bonds. The van der Waals surface area contributed by atoms with Gasteiger partial charge in [0.05, 0.1) is 11.6 Å². The zero-order chi connectivity index (χ0) is 18.6. The second kappa shape index (κ2) is 8.30. The summed E-state index contributed by atoms with van der Waals surface area (Å²) in [6.07, 6.45) is 12.5. The Balaban J connectivity index is 1.48. The third-order valence-electron chi connectivity index (χ3n) is 6.98. The summed E-state index contributed by atoms with van der Waals surface area (Å²) in [5, 5.41) is 9.00. The van der Waals surface area contributed by atoms with Crippen molar-refractivity contribution in [2.45, 2.75) is 70.6 Å². The summed E-state index contributed by atoms with van der Waals surface area (Å²) in [7, 11) is 0. The number of hydrogen-bond acceptors (Lipinski definition) is 1. The lowest BCUT2D eigenvalue weighted by molar-refractivity contribution is 0.199. The number of unbranched alkanes of at least 4 members (excludes halogenated alkanes) is 2. The molecule has 2 aliphatic carbocycles. The van der Waals surface area contributed by atoms with Crippen LogP contribution in [0.1, 0.15) is 80.9 Å². The fourth-order valence-electron chi connectivity index (χ4n) is 5.48. The van der Waals surface area contributed by atoms with Gasteiger partial charge in [-0.15, -0.1) is 0 Å². The third-order valence-corrected chi connectivity index (χ3v) is 6.98. The van der Waals surface area contributed by atoms with Crippen LogP contribution in [0, 0.1) is 23.2 Å². The second-order valence-electron chi connectivity index (χ2n) is 8.68. The van der Waals surface area contributed by atoms with Gasteiger partial charge >= 0.3 is 0 Å². The molecule has 140 valence electrons. The first-order valence-electron chi connectivity index (χ1n) is 10.9. The van der Waals surface area contributed by atoms with Gasteiger partial charge in [-0.3, -0.25) is 0 Å². The van der Waals surface area contributed by atoms with Gasteiger partial charge in [0.25, 0.3) is 0 Å². The van der Waals surface area contributed by atoms with Gasteiger partial charge in [-0.25, -0.2) is 0 Å². The van der Waals surface area contributed by atoms with E-state index in [2.05, 4.69) is 43.3 Å². The first kappa shape index (κ1) is 18.3. The van der Waals surface area contributed by atoms with Gasteiger partial charge in [0.2, 0.25) is 0 Å². The molecule has 0 aromatic heterocycles. The smallest absolute Gasteiger partial charge is 0.0991 e. The van der Waals surface area contributed by atoms with Crippen LogP contribution in [0.15, 0.2) is 42.5 Å². The van der Waals surface area contributed by atoms with E-state index in [0.29, 0.717) is 0 Å². The summed E-state index contributed by atoms with van der Waals surface area (Å²) in [6, 6.07) is 17.3. The fraction of sp³-hybridized carbons (Fsp3) is 0.500. The summed E-state index contributed by atoms with van der Waals surface area (Å²) in [4.78, 5) is 0. The minimum Gasteiger partial charge on any atom is -0.192 e. The van der Waals surface area contributed by atoms with E-state index in [1.165, 1.54) is 68.9 Å². The number of nitriles is 1. The topological polar surface area (TPSA) is 23.8 Å². The molecule has 3 atom stereocenters. The Morgan fingerprint density at radius 3 is 2.56 bits per heavy atom. The van der Waals surface area contributed by atoms with Crippen molar-refractivity contribution in [3.63, 3.8) is 0 Å². The standard InChI is InChI=1S/C26H31N/c1-2-3-4-5-19-8-14-25-23(16-19)11-12-24-17-22(13-15-26(24)25)21-9-6-20(18-27)7-10-21/h6-7,9-10,13,15,17,19,23,25H,2-5,8,11-12,14,16H2,1H3/t19-,23+,25+/m1/s1. The van der Waals surface area contributed by atoms with Gasteiger partial charge in [0.1, 0.15) is 0 Å². The lowest BCUT2D eigenvalue weighted by atomic mass is 9.64. The molecule has 0 heterocycles. The van der Waals surface area contributed by atoms with Crippen molar-refractivity contribution >= 4 is 0 Å². The molecule has 2 aromatic carbocycles. The van der Waals surface area contributed by atoms with E-state index >= 15 is 0 Å². The first-order valence-corrected chi connectivity index (χ1v) is 10.9. The van der Waals surface area contributed by atoms with E-state index in [9.17, 15) is 0 Å². The third kappa shape index (κ3) is 3.96. The molecule has 0 unspecified atom stereocenters. The SMILES string of the molecule is CCCCC[C@@H]1CC[C@@H]2c3ccc(-c4ccc(C#N)cc4)cc3CC[C@H]2C1. The molecule has 27 heavy (non-hydrogen) atoms. The van der Waals surface area contributed by atoms with Crippen LogP contribution in [0.5, 0.6) is 0 Å². The summed E-state index contributed by atoms with van der Waals surface area (Å²) >= 11 is 0. The summed E-state index contributed by atoms with van der Waals surface area (Å²) < 4.78 is 0. The lowest BCUT2D eigenvalue weighted by Crippen LogP contribution is -2.28. The molecule has 0 saturated heterocycles. The number of benzene rings is 2. The Kier molecular flexibility index (Phi) is 5.63. The Labute approximate surface area is 164 Å². The van der Waals surface area contributed by atoms with E-state index in [-0.39, 0.29) is 0 Å². The minimum atomic E-state index is 0.732. The highest BCUT2D eigenvalue weighted by Crippen LogP contribution is 2.48. The van der Waals surface area contributed by atoms with Crippen molar-refractivity contribution in [3.05, 3.63) is 59.2 Å². The second-order valence-corrected chi connectivity index (χ2v) is 8.68. The molecule has 4 rings (SSSR count). The Morgan fingerprint density at radius 1 is 0.963 bits per heavy atom. The molecule has 1 fully saturated rings. The van der Waals surface area contributed by atoms with Crippen molar-refractivity contribution in [3.8, 4) is 17.2 Å². The van der Waals surface area contributed by atoms with Gasteiger partial charge in [-0.2, -0.15) is 5.26 Å². The highest BCUT2D eigenvalue weighted by molar-refractivity contribution is 5.66. The average Bonchev–Trinajstić information content (AvgIpc) is 2.73. The van der Waals surface area contributed by atoms with E-state index in [4.69, 9.17) is 5.26 Å². The molecule has 0 N–H and O–H groups in total. The highest BCUT2D eigenvalue weighted by atomic mass is 14.4. The van der Waals surface area contributed by atoms with Crippen LogP contribution in [0.4, 0.5) is 0 Å². The first-order chi connectivity index (χ1) is 13.3. The number of nitrogens with zero attached hydrogens (tertiary/aromatic N) is 1. The van der Waals surface area contributed by atoms with Gasteiger partial charge in [0, 0.05) is 0 Å². The maximum Gasteiger partial charge on any atom is 0.0991 e. The van der Waals surface area contributed by atoms with Crippen LogP contribution in [0.3, 0.4) is 0 Å². The number of fused-ring (bicyclic) bond motifs is 3. The van der Waals surface area contributed by atoms with Crippen LogP contribution in [0.2, 0.25) is 0 Å². The predicted molar refractivity (Wildman–Crippen MR) is 113 cm³/mol. The molecular formula is C26H31N. The van der Waals surface area contributed by atoms with Crippen molar-refractivity contribution in [2.24, 2.45) is 11.8 Å². The molecule has 1 saturated carbocycles. The Hall–Kier alpha value is -2.07. The highest BCUT2D eigenvalue weighted by Gasteiger charge is 2.34. The molecular weight excluding hydrogens is 326 g/mol. The summed E-state index contributed by atoms with van der Waals surface area (Å²) in [5.41, 5.74) is 6.46. The molecule has 1 heteroatoms. The molecule has 1 nitrogen and oxygen atoms in total. The molecule has 0 spiro atoms. The van der Waals surface area contributed by atoms with Crippen LogP contribution in [-0.2, 0) is 6.42 Å². The van der Waals surface area contributed by atoms with Gasteiger partial charge in [0.15, 0.2) is 0 Å². The van der Waals surface area contributed by atoms with Crippen LogP contribution >= 0.6 is 0 Å². The van der Waals surface area contributed by atoms with Crippen molar-refractivity contribution in [1.29, 1.82) is 5.26 Å². The maximum atomic E-state index is 9.00. The van der Waals surface area contributed by atoms with E-state index in [0.717, 1.165) is 23.3 Å². The number of hydrogen-bond donors (Lipinski definition) is 0. The molecule has 0 aliphatic heterocycles. The van der Waals surface area contributed by atoms with Crippen molar-refractivity contribution in [2.75, 3.05) is 0 Å². The minimum absolute atomic E-state index is 0.732. The normalized spacial score (nSPS) is 23.9. The zero-order valence-electron chi connectivity index (χ0n) is 16.6. The van der Waals surface area contributed by atoms with E-state index < -0.39 is 0 Å². The Bertz CT molecular complexity index is 811. The van der Waals surface area contributed by atoms with E-state index in [1.807, 2.05) is 12.1 Å². The predicted octanol–water partition coefficient (Wildman–Crippen LogP) is 7.25. The largest absolute Gasteiger partial charge is 0.192 e. The van der Waals surface area contributed by atoms with E-state index in [1.54, 1.807) is 11.1 Å². The zero-order valence-corrected chi connectivity index (χ0v) is 16.6. The Morgan fingerprint density at radius 2 is 1.78 bits per heavy atom. The summed E-state index contributed by atoms with van der Waals surface area (Å²) in [6.45, 7) is 2.31. The van der Waals surface area contributed by atoms with Crippen LogP contribution in [-0.4, -0.2) is 0 Å². The molecule has 2 aromatic rings. The van der Waals surface area contributed by atoms with Crippen LogP contribution in [0.25, 0.3) is 11.1 Å². The molecule has 0 radical (unpaired) electrons. The number of aryl methyl sites for hydroxylation is 1. The van der Waals surface area contributed by atoms with Gasteiger partial charge in [-0.1, -0.05) is 62.9 Å². The lowest BCUT2D eigenvalue weighted by Gasteiger charge is -2.41. The van der Waals surface area contributed by atoms with Crippen molar-refractivity contribution in [1.82, 2.24) is 0 Å². The average molecular weight is 358 g/mol. The van der Waals surface area contributed by atoms with Gasteiger partial charge < -0.3 is 0 Å². The molecule has 0 bridgehead atoms.